The molecule has 27 heavy (non-hydrogen) atoms. The van der Waals surface area contributed by atoms with Crippen molar-refractivity contribution in [2.75, 3.05) is 37.6 Å². The summed E-state index contributed by atoms with van der Waals surface area (Å²) in [6.45, 7) is 7.34. The third-order valence-electron chi connectivity index (χ3n) is 4.95. The Morgan fingerprint density at radius 1 is 1.11 bits per heavy atom. The molecule has 0 N–H and O–H groups in total. The molecule has 3 amide bonds. The Hall–Kier alpha value is -2.28. The van der Waals surface area contributed by atoms with Gasteiger partial charge in [-0.25, -0.2) is 0 Å². The second-order valence-corrected chi connectivity index (χ2v) is 7.61. The highest BCUT2D eigenvalue weighted by Crippen LogP contribution is 2.32. The maximum Gasteiger partial charge on any atom is 0.294 e. The number of likely N-dealkylation sites (tertiary alicyclic amines) is 1. The predicted molar refractivity (Wildman–Crippen MR) is 108 cm³/mol. The fourth-order valence-corrected chi connectivity index (χ4v) is 4.20. The van der Waals surface area contributed by atoms with Crippen molar-refractivity contribution in [1.29, 1.82) is 0 Å². The van der Waals surface area contributed by atoms with Gasteiger partial charge in [0.25, 0.3) is 11.1 Å². The highest BCUT2D eigenvalue weighted by atomic mass is 32.2. The van der Waals surface area contributed by atoms with E-state index in [1.165, 1.54) is 0 Å². The van der Waals surface area contributed by atoms with E-state index in [0.717, 1.165) is 53.8 Å². The fourth-order valence-electron chi connectivity index (χ4n) is 3.36. The maximum atomic E-state index is 12.6. The summed E-state index contributed by atoms with van der Waals surface area (Å²) >= 11 is 0.898. The van der Waals surface area contributed by atoms with Crippen LogP contribution in [0.2, 0.25) is 0 Å². The topological polar surface area (TPSA) is 60.9 Å². The second kappa shape index (κ2) is 8.61. The number of amides is 3. The van der Waals surface area contributed by atoms with Crippen LogP contribution >= 0.6 is 11.8 Å². The number of carbonyl (C=O) groups is 3. The van der Waals surface area contributed by atoms with Crippen LogP contribution in [0.5, 0.6) is 0 Å². The summed E-state index contributed by atoms with van der Waals surface area (Å²) in [7, 11) is 0. The summed E-state index contributed by atoms with van der Waals surface area (Å²) in [4.78, 5) is 42.4. The van der Waals surface area contributed by atoms with Crippen molar-refractivity contribution in [1.82, 2.24) is 9.80 Å². The van der Waals surface area contributed by atoms with Gasteiger partial charge in [0, 0.05) is 31.9 Å². The minimum Gasteiger partial charge on any atom is -0.372 e. The number of hydrogen-bond donors (Lipinski definition) is 0. The molecule has 0 atom stereocenters. The Bertz CT molecular complexity index is 750. The van der Waals surface area contributed by atoms with Gasteiger partial charge in [-0.05, 0) is 62.2 Å². The molecule has 2 fully saturated rings. The minimum absolute atomic E-state index is 0.153. The van der Waals surface area contributed by atoms with Gasteiger partial charge in [0.05, 0.1) is 4.91 Å². The monoisotopic (exact) mass is 387 g/mol. The Morgan fingerprint density at radius 3 is 2.33 bits per heavy atom. The summed E-state index contributed by atoms with van der Waals surface area (Å²) < 4.78 is 0. The molecule has 2 aliphatic heterocycles. The fraction of sp³-hybridized carbons (Fsp3) is 0.450. The minimum atomic E-state index is -0.384. The lowest BCUT2D eigenvalue weighted by atomic mass is 10.1. The van der Waals surface area contributed by atoms with Crippen LogP contribution in [0.4, 0.5) is 10.5 Å². The van der Waals surface area contributed by atoms with Crippen molar-refractivity contribution in [3.63, 3.8) is 0 Å². The highest BCUT2D eigenvalue weighted by molar-refractivity contribution is 8.18. The number of carbonyl (C=O) groups excluding carboxylic acids is 3. The lowest BCUT2D eigenvalue weighted by Crippen LogP contribution is -2.40. The molecule has 0 unspecified atom stereocenters. The van der Waals surface area contributed by atoms with E-state index in [2.05, 4.69) is 18.7 Å². The molecular formula is C20H25N3O3S. The Morgan fingerprint density at radius 2 is 1.74 bits per heavy atom. The molecule has 2 aliphatic rings. The molecule has 2 heterocycles. The number of nitrogens with zero attached hydrogens (tertiary/aromatic N) is 3. The number of imide groups is 1. The van der Waals surface area contributed by atoms with Crippen LogP contribution in [-0.2, 0) is 9.59 Å². The van der Waals surface area contributed by atoms with E-state index >= 15 is 0 Å². The molecule has 7 heteroatoms. The maximum absolute atomic E-state index is 12.6. The largest absolute Gasteiger partial charge is 0.372 e. The first-order chi connectivity index (χ1) is 13.0. The van der Waals surface area contributed by atoms with Crippen molar-refractivity contribution in [3.05, 3.63) is 34.7 Å². The van der Waals surface area contributed by atoms with Crippen LogP contribution in [0.25, 0.3) is 6.08 Å². The molecule has 144 valence electrons. The SMILES string of the molecule is CCN(CC)c1ccc(/C=C2\SC(=O)N(CC(=O)N3CCCC3)C2=O)cc1. The number of hydrogen-bond acceptors (Lipinski definition) is 5. The summed E-state index contributed by atoms with van der Waals surface area (Å²) in [6, 6.07) is 7.91. The van der Waals surface area contributed by atoms with Crippen molar-refractivity contribution in [3.8, 4) is 0 Å². The quantitative estimate of drug-likeness (QED) is 0.702. The standard InChI is InChI=1S/C20H25N3O3S/c1-3-21(4-2)16-9-7-15(8-10-16)13-17-19(25)23(20(26)27-17)14-18(24)22-11-5-6-12-22/h7-10,13H,3-6,11-12,14H2,1-2H3/b17-13-. The van der Waals surface area contributed by atoms with Gasteiger partial charge >= 0.3 is 0 Å². The third kappa shape index (κ3) is 4.35. The van der Waals surface area contributed by atoms with Gasteiger partial charge in [0.1, 0.15) is 6.54 Å². The van der Waals surface area contributed by atoms with Crippen LogP contribution in [0.1, 0.15) is 32.3 Å². The van der Waals surface area contributed by atoms with Gasteiger partial charge in [-0.3, -0.25) is 19.3 Å². The predicted octanol–water partition coefficient (Wildman–Crippen LogP) is 3.19. The lowest BCUT2D eigenvalue weighted by molar-refractivity contribution is -0.135. The zero-order chi connectivity index (χ0) is 19.4. The molecule has 0 aromatic heterocycles. The van der Waals surface area contributed by atoms with E-state index in [4.69, 9.17) is 0 Å². The molecular weight excluding hydrogens is 362 g/mol. The molecule has 2 saturated heterocycles. The molecule has 0 aliphatic carbocycles. The van der Waals surface area contributed by atoms with Crippen LogP contribution in [0.15, 0.2) is 29.2 Å². The molecule has 0 radical (unpaired) electrons. The van der Waals surface area contributed by atoms with Gasteiger partial charge in [-0.1, -0.05) is 12.1 Å². The van der Waals surface area contributed by atoms with Crippen LogP contribution in [0, 0.1) is 0 Å². The van der Waals surface area contributed by atoms with Gasteiger partial charge in [0.2, 0.25) is 5.91 Å². The summed E-state index contributed by atoms with van der Waals surface area (Å²) in [6.07, 6.45) is 3.69. The van der Waals surface area contributed by atoms with E-state index < -0.39 is 0 Å². The average molecular weight is 388 g/mol. The normalized spacial score (nSPS) is 18.7. The lowest BCUT2D eigenvalue weighted by Gasteiger charge is -2.20. The van der Waals surface area contributed by atoms with E-state index in [0.29, 0.717) is 18.0 Å². The average Bonchev–Trinajstić information content (AvgIpc) is 3.29. The molecule has 1 aromatic rings. The summed E-state index contributed by atoms with van der Waals surface area (Å²) in [5, 5.41) is -0.376. The van der Waals surface area contributed by atoms with Crippen LogP contribution in [-0.4, -0.2) is 59.6 Å². The van der Waals surface area contributed by atoms with Gasteiger partial charge in [0.15, 0.2) is 0 Å². The zero-order valence-electron chi connectivity index (χ0n) is 15.8. The Kier molecular flexibility index (Phi) is 6.21. The van der Waals surface area contributed by atoms with E-state index in [-0.39, 0.29) is 23.6 Å². The number of thioether (sulfide) groups is 1. The van der Waals surface area contributed by atoms with Gasteiger partial charge in [-0.15, -0.1) is 0 Å². The molecule has 6 nitrogen and oxygen atoms in total. The first-order valence-electron chi connectivity index (χ1n) is 9.41. The summed E-state index contributed by atoms with van der Waals surface area (Å²) in [5.41, 5.74) is 1.99. The van der Waals surface area contributed by atoms with Gasteiger partial charge in [-0.2, -0.15) is 0 Å². The Labute approximate surface area is 164 Å². The third-order valence-corrected chi connectivity index (χ3v) is 5.85. The van der Waals surface area contributed by atoms with E-state index in [1.54, 1.807) is 11.0 Å². The number of benzene rings is 1. The molecule has 0 spiro atoms. The van der Waals surface area contributed by atoms with E-state index in [1.807, 2.05) is 24.3 Å². The van der Waals surface area contributed by atoms with Crippen LogP contribution in [0.3, 0.4) is 0 Å². The number of rotatable bonds is 6. The van der Waals surface area contributed by atoms with Crippen LogP contribution < -0.4 is 4.90 Å². The smallest absolute Gasteiger partial charge is 0.294 e. The Balaban J connectivity index is 1.69. The summed E-state index contributed by atoms with van der Waals surface area (Å²) in [5.74, 6) is -0.537. The molecule has 1 aromatic carbocycles. The first kappa shape index (κ1) is 19.5. The second-order valence-electron chi connectivity index (χ2n) is 6.62. The van der Waals surface area contributed by atoms with Crippen molar-refractivity contribution < 1.29 is 14.4 Å². The molecule has 0 bridgehead atoms. The van der Waals surface area contributed by atoms with Crippen molar-refractivity contribution in [2.45, 2.75) is 26.7 Å². The molecule has 3 rings (SSSR count). The van der Waals surface area contributed by atoms with Gasteiger partial charge < -0.3 is 9.80 Å². The van der Waals surface area contributed by atoms with Crippen molar-refractivity contribution in [2.24, 2.45) is 0 Å². The first-order valence-corrected chi connectivity index (χ1v) is 10.2. The molecule has 0 saturated carbocycles. The van der Waals surface area contributed by atoms with Crippen molar-refractivity contribution >= 4 is 40.6 Å². The number of anilines is 1. The highest BCUT2D eigenvalue weighted by Gasteiger charge is 2.37. The zero-order valence-corrected chi connectivity index (χ0v) is 16.6. The van der Waals surface area contributed by atoms with E-state index in [9.17, 15) is 14.4 Å².